The van der Waals surface area contributed by atoms with Crippen molar-refractivity contribution in [2.45, 2.75) is 45.4 Å². The minimum absolute atomic E-state index is 0.229. The number of nitrogens with one attached hydrogen (secondary N) is 1. The van der Waals surface area contributed by atoms with Crippen molar-refractivity contribution in [1.29, 1.82) is 0 Å². The number of nitrogens with two attached hydrogens (primary N) is 1. The van der Waals surface area contributed by atoms with E-state index >= 15 is 0 Å². The third kappa shape index (κ3) is 4.77. The van der Waals surface area contributed by atoms with Crippen LogP contribution in [0.2, 0.25) is 0 Å². The van der Waals surface area contributed by atoms with Gasteiger partial charge >= 0.3 is 5.95 Å². The Hall–Kier alpha value is -2.57. The highest BCUT2D eigenvalue weighted by Crippen LogP contribution is 2.17. The van der Waals surface area contributed by atoms with Crippen LogP contribution in [0.15, 0.2) is 48.5 Å². The van der Waals surface area contributed by atoms with Crippen LogP contribution in [0.5, 0.6) is 5.75 Å². The third-order valence-electron chi connectivity index (χ3n) is 6.09. The molecule has 3 aromatic rings. The van der Waals surface area contributed by atoms with Crippen LogP contribution in [0.1, 0.15) is 24.8 Å². The smallest absolute Gasteiger partial charge is 0.356 e. The van der Waals surface area contributed by atoms with E-state index in [1.807, 2.05) is 47.9 Å². The average molecular weight is 411 g/mol. The van der Waals surface area contributed by atoms with Crippen molar-refractivity contribution in [3.63, 3.8) is 0 Å². The normalized spacial score (nSPS) is 16.1. The Labute approximate surface area is 178 Å². The maximum atomic E-state index is 10.6. The Bertz CT molecular complexity index is 978. The first-order chi connectivity index (χ1) is 14.6. The Balaban J connectivity index is 1.47. The lowest BCUT2D eigenvalue weighted by atomic mass is 10.1. The number of ether oxygens (including phenoxy) is 1. The molecule has 4 rings (SSSR count). The highest BCUT2D eigenvalue weighted by molar-refractivity contribution is 5.73. The maximum absolute atomic E-state index is 10.6. The number of imidazole rings is 1. The molecule has 2 aromatic carbocycles. The number of aryl methyl sites for hydroxylation is 1. The molecule has 2 heterocycles. The minimum Gasteiger partial charge on any atom is -0.491 e. The summed E-state index contributed by atoms with van der Waals surface area (Å²) in [4.78, 5) is 1.66. The van der Waals surface area contributed by atoms with Crippen molar-refractivity contribution in [3.05, 3.63) is 54.1 Å². The minimum atomic E-state index is -0.648. The van der Waals surface area contributed by atoms with Gasteiger partial charge in [0.1, 0.15) is 49.1 Å². The maximum Gasteiger partial charge on any atom is 0.356 e. The van der Waals surface area contributed by atoms with Crippen LogP contribution in [-0.2, 0) is 13.1 Å². The van der Waals surface area contributed by atoms with Gasteiger partial charge < -0.3 is 14.7 Å². The van der Waals surface area contributed by atoms with Crippen molar-refractivity contribution in [2.75, 3.05) is 32.0 Å². The Morgan fingerprint density at radius 3 is 2.73 bits per heavy atom. The van der Waals surface area contributed by atoms with Crippen molar-refractivity contribution in [1.82, 2.24) is 4.57 Å². The van der Waals surface area contributed by atoms with Crippen LogP contribution in [0.25, 0.3) is 11.0 Å². The van der Waals surface area contributed by atoms with E-state index in [2.05, 4.69) is 16.7 Å². The standard InChI is InChI=1S/C24H32N4O2/c1-19-8-7-9-21(16-19)30-18-20(29)17-28-23-11-4-3-10-22(23)27(24(28)25)15-14-26-12-5-2-6-13-26/h3-4,7-11,16,20,25,29H,2,5-6,12-15,17-18H2,1H3/p+2/t20-/m0/s1. The lowest BCUT2D eigenvalue weighted by molar-refractivity contribution is -0.905. The van der Waals surface area contributed by atoms with E-state index in [0.29, 0.717) is 12.5 Å². The second kappa shape index (κ2) is 9.49. The summed E-state index contributed by atoms with van der Waals surface area (Å²) in [6, 6.07) is 16.1. The number of piperidine rings is 1. The van der Waals surface area contributed by atoms with Crippen molar-refractivity contribution in [2.24, 2.45) is 0 Å². The number of aliphatic hydroxyl groups is 1. The van der Waals surface area contributed by atoms with Gasteiger partial charge in [-0.25, -0.2) is 9.13 Å². The number of nitrogens with zero attached hydrogens (tertiary/aromatic N) is 2. The highest BCUT2D eigenvalue weighted by atomic mass is 16.5. The molecular weight excluding hydrogens is 376 g/mol. The van der Waals surface area contributed by atoms with E-state index in [1.54, 1.807) is 4.90 Å². The lowest BCUT2D eigenvalue weighted by Crippen LogP contribution is -3.13. The first-order valence-electron chi connectivity index (χ1n) is 11.1. The van der Waals surface area contributed by atoms with Crippen molar-refractivity contribution in [3.8, 4) is 5.75 Å². The molecule has 4 N–H and O–H groups in total. The fourth-order valence-electron chi connectivity index (χ4n) is 4.47. The summed E-state index contributed by atoms with van der Waals surface area (Å²) in [5.74, 6) is 1.47. The fraction of sp³-hybridized carbons (Fsp3) is 0.458. The molecule has 1 atom stereocenters. The zero-order valence-corrected chi connectivity index (χ0v) is 17.9. The number of para-hydroxylation sites is 2. The van der Waals surface area contributed by atoms with Gasteiger partial charge in [-0.1, -0.05) is 24.3 Å². The van der Waals surface area contributed by atoms with Gasteiger partial charge in [0.25, 0.3) is 0 Å². The second-order valence-corrected chi connectivity index (χ2v) is 8.45. The van der Waals surface area contributed by atoms with E-state index in [1.165, 1.54) is 32.4 Å². The fourth-order valence-corrected chi connectivity index (χ4v) is 4.47. The number of anilines is 1. The summed E-state index contributed by atoms with van der Waals surface area (Å²) >= 11 is 0. The summed E-state index contributed by atoms with van der Waals surface area (Å²) in [5.41, 5.74) is 9.89. The van der Waals surface area contributed by atoms with Gasteiger partial charge in [0.2, 0.25) is 0 Å². The number of likely N-dealkylation sites (tertiary alicyclic amines) is 1. The molecule has 0 saturated carbocycles. The number of quaternary nitrogens is 1. The molecule has 6 heteroatoms. The van der Waals surface area contributed by atoms with Gasteiger partial charge in [0.05, 0.1) is 13.1 Å². The molecule has 6 nitrogen and oxygen atoms in total. The molecule has 30 heavy (non-hydrogen) atoms. The Morgan fingerprint density at radius 2 is 1.93 bits per heavy atom. The topological polar surface area (TPSA) is 68.7 Å². The quantitative estimate of drug-likeness (QED) is 0.491. The molecule has 1 aromatic heterocycles. The van der Waals surface area contributed by atoms with E-state index in [9.17, 15) is 5.11 Å². The first kappa shape index (κ1) is 20.7. The van der Waals surface area contributed by atoms with Gasteiger partial charge in [0.15, 0.2) is 0 Å². The monoisotopic (exact) mass is 410 g/mol. The molecule has 160 valence electrons. The number of aromatic nitrogens is 2. The zero-order chi connectivity index (χ0) is 20.9. The second-order valence-electron chi connectivity index (χ2n) is 8.45. The predicted octanol–water partition coefficient (Wildman–Crippen LogP) is 1.33. The van der Waals surface area contributed by atoms with Crippen LogP contribution >= 0.6 is 0 Å². The van der Waals surface area contributed by atoms with Gasteiger partial charge in [-0.2, -0.15) is 0 Å². The zero-order valence-electron chi connectivity index (χ0n) is 17.9. The van der Waals surface area contributed by atoms with Gasteiger partial charge in [0, 0.05) is 0 Å². The number of aliphatic hydroxyl groups excluding tert-OH is 1. The molecule has 0 aliphatic carbocycles. The number of rotatable bonds is 8. The highest BCUT2D eigenvalue weighted by Gasteiger charge is 2.24. The average Bonchev–Trinajstić information content (AvgIpc) is 3.03. The Morgan fingerprint density at radius 1 is 1.13 bits per heavy atom. The molecule has 0 spiro atoms. The molecule has 0 unspecified atom stereocenters. The first-order valence-corrected chi connectivity index (χ1v) is 11.1. The summed E-state index contributed by atoms with van der Waals surface area (Å²) < 4.78 is 10.0. The Kier molecular flexibility index (Phi) is 6.55. The van der Waals surface area contributed by atoms with E-state index < -0.39 is 6.10 Å². The van der Waals surface area contributed by atoms with Gasteiger partial charge in [-0.15, -0.1) is 0 Å². The van der Waals surface area contributed by atoms with Gasteiger partial charge in [-0.05, 0) is 56.0 Å². The molecule has 1 aliphatic heterocycles. The van der Waals surface area contributed by atoms with Crippen LogP contribution in [0.3, 0.4) is 0 Å². The predicted molar refractivity (Wildman–Crippen MR) is 119 cm³/mol. The molecule has 0 bridgehead atoms. The van der Waals surface area contributed by atoms with Crippen LogP contribution in [0.4, 0.5) is 5.95 Å². The number of nitrogen functional groups attached to an aromatic ring is 1. The van der Waals surface area contributed by atoms with Crippen LogP contribution in [-0.4, -0.2) is 42.0 Å². The number of hydrogen-bond acceptors (Lipinski definition) is 3. The van der Waals surface area contributed by atoms with Crippen LogP contribution in [0, 0.1) is 6.92 Å². The van der Waals surface area contributed by atoms with Crippen molar-refractivity contribution < 1.29 is 19.3 Å². The van der Waals surface area contributed by atoms with E-state index in [4.69, 9.17) is 10.5 Å². The molecule has 1 saturated heterocycles. The number of hydrogen-bond donors (Lipinski definition) is 3. The van der Waals surface area contributed by atoms with Crippen molar-refractivity contribution >= 4 is 17.0 Å². The molecule has 0 amide bonds. The summed E-state index contributed by atoms with van der Waals surface area (Å²) in [6.07, 6.45) is 3.36. The summed E-state index contributed by atoms with van der Waals surface area (Å²) in [5, 5.41) is 10.6. The molecule has 0 radical (unpaired) electrons. The molecule has 1 aliphatic rings. The van der Waals surface area contributed by atoms with E-state index in [0.717, 1.165) is 35.4 Å². The number of fused-ring (bicyclic) bond motifs is 1. The third-order valence-corrected chi connectivity index (χ3v) is 6.09. The van der Waals surface area contributed by atoms with E-state index in [-0.39, 0.29) is 6.61 Å². The summed E-state index contributed by atoms with van der Waals surface area (Å²) in [7, 11) is 0. The van der Waals surface area contributed by atoms with Crippen LogP contribution < -0.4 is 19.9 Å². The summed E-state index contributed by atoms with van der Waals surface area (Å²) in [6.45, 7) is 7.16. The molecule has 1 fully saturated rings. The lowest BCUT2D eigenvalue weighted by Gasteiger charge is -2.22. The number of benzene rings is 2. The SMILES string of the molecule is Cc1cccc(OC[C@@H](O)C[n+]2c(N)n(CC[NH+]3CCCCC3)c3ccccc32)c1. The van der Waals surface area contributed by atoms with Gasteiger partial charge in [-0.3, -0.25) is 5.73 Å². The largest absolute Gasteiger partial charge is 0.491 e. The molecular formula is C24H34N4O2+2.